The van der Waals surface area contributed by atoms with Crippen molar-refractivity contribution in [2.24, 2.45) is 11.8 Å². The first kappa shape index (κ1) is 30.0. The van der Waals surface area contributed by atoms with Gasteiger partial charge in [0.2, 0.25) is 11.8 Å². The van der Waals surface area contributed by atoms with Gasteiger partial charge in [-0.1, -0.05) is 35.9 Å². The first-order valence-electron chi connectivity index (χ1n) is 14.3. The van der Waals surface area contributed by atoms with E-state index in [0.717, 1.165) is 4.90 Å². The quantitative estimate of drug-likeness (QED) is 0.187. The van der Waals surface area contributed by atoms with Crippen molar-refractivity contribution in [1.82, 2.24) is 4.98 Å². The maximum atomic E-state index is 14.3. The fourth-order valence-corrected chi connectivity index (χ4v) is 7.49. The van der Waals surface area contributed by atoms with Gasteiger partial charge in [-0.05, 0) is 43.3 Å². The highest BCUT2D eigenvalue weighted by Crippen LogP contribution is 2.63. The van der Waals surface area contributed by atoms with Crippen LogP contribution in [0.2, 0.25) is 5.02 Å². The molecule has 0 radical (unpaired) electrons. The number of anilines is 1. The zero-order valence-electron chi connectivity index (χ0n) is 24.0. The summed E-state index contributed by atoms with van der Waals surface area (Å²) >= 11 is 6.09. The van der Waals surface area contributed by atoms with Gasteiger partial charge in [-0.25, -0.2) is 9.69 Å². The van der Waals surface area contributed by atoms with Crippen LogP contribution < -0.4 is 9.64 Å². The van der Waals surface area contributed by atoms with Gasteiger partial charge in [-0.2, -0.15) is 18.4 Å². The normalized spacial score (nSPS) is 26.9. The fraction of sp³-hybridized carbons (Fsp3) is 0.303. The molecule has 0 N–H and O–H groups in total. The van der Waals surface area contributed by atoms with E-state index in [1.165, 1.54) is 25.3 Å². The predicted molar refractivity (Wildman–Crippen MR) is 158 cm³/mol. The number of carbonyl (C=O) groups excluding carboxylic acids is 3. The smallest absolute Gasteiger partial charge is 0.490 e. The molecule has 2 bridgehead atoms. The van der Waals surface area contributed by atoms with Crippen molar-refractivity contribution < 1.29 is 41.8 Å². The second kappa shape index (κ2) is 10.4. The standard InChI is InChI=1S/C33H23ClF3N3O6/c1-31-25(45-30(43)33(35,36)37)15-32(46-31,11-13-44-24-10-12-39-22-14-18(34)7-8-21(22)24)27-26(31)28(41)40(29(27)42)23-9-6-17(16-38)19-4-2-3-5-20(19)23/h2-10,12,14,25-27H,11,13,15H2,1H3/t25?,26-,27+,31-,32+/m0/s1. The van der Waals surface area contributed by atoms with E-state index in [4.69, 9.17) is 25.8 Å². The number of carbonyl (C=O) groups is 3. The Hall–Kier alpha value is -4.73. The Morgan fingerprint density at radius 1 is 1.09 bits per heavy atom. The van der Waals surface area contributed by atoms with Crippen molar-refractivity contribution in [1.29, 1.82) is 5.26 Å². The molecule has 1 aromatic heterocycles. The van der Waals surface area contributed by atoms with Gasteiger partial charge in [0.25, 0.3) is 0 Å². The number of hydrogen-bond acceptors (Lipinski definition) is 8. The zero-order valence-corrected chi connectivity index (χ0v) is 24.8. The molecule has 234 valence electrons. The van der Waals surface area contributed by atoms with Crippen LogP contribution in [0.15, 0.2) is 66.9 Å². The molecule has 3 aliphatic heterocycles. The summed E-state index contributed by atoms with van der Waals surface area (Å²) in [6.45, 7) is 1.35. The fourth-order valence-electron chi connectivity index (χ4n) is 7.32. The monoisotopic (exact) mass is 649 g/mol. The molecule has 2 amide bonds. The lowest BCUT2D eigenvalue weighted by Gasteiger charge is -2.35. The van der Waals surface area contributed by atoms with Crippen LogP contribution in [0.4, 0.5) is 18.9 Å². The number of nitrogens with zero attached hydrogens (tertiary/aromatic N) is 3. The summed E-state index contributed by atoms with van der Waals surface area (Å²) < 4.78 is 57.3. The van der Waals surface area contributed by atoms with E-state index in [1.54, 1.807) is 48.5 Å². The average molecular weight is 650 g/mol. The lowest BCUT2D eigenvalue weighted by Crippen LogP contribution is -2.52. The zero-order chi connectivity index (χ0) is 32.6. The molecule has 7 rings (SSSR count). The van der Waals surface area contributed by atoms with E-state index < -0.39 is 53.1 Å². The number of esters is 1. The van der Waals surface area contributed by atoms with Crippen LogP contribution in [0, 0.1) is 23.2 Å². The highest BCUT2D eigenvalue weighted by molar-refractivity contribution is 6.31. The Bertz CT molecular complexity index is 2010. The molecule has 46 heavy (non-hydrogen) atoms. The number of nitriles is 1. The second-order valence-electron chi connectivity index (χ2n) is 11.8. The minimum atomic E-state index is -5.28. The minimum Gasteiger partial charge on any atom is -0.493 e. The number of hydrogen-bond donors (Lipinski definition) is 0. The molecular weight excluding hydrogens is 627 g/mol. The van der Waals surface area contributed by atoms with Crippen LogP contribution in [-0.2, 0) is 23.9 Å². The van der Waals surface area contributed by atoms with E-state index in [0.29, 0.717) is 38.0 Å². The highest BCUT2D eigenvalue weighted by Gasteiger charge is 2.78. The van der Waals surface area contributed by atoms with Gasteiger partial charge in [0.05, 0.1) is 46.9 Å². The Morgan fingerprint density at radius 3 is 2.57 bits per heavy atom. The maximum Gasteiger partial charge on any atom is 0.490 e. The van der Waals surface area contributed by atoms with Crippen LogP contribution in [0.1, 0.15) is 25.3 Å². The number of rotatable bonds is 6. The van der Waals surface area contributed by atoms with Crippen molar-refractivity contribution in [2.45, 2.75) is 43.2 Å². The third-order valence-electron chi connectivity index (χ3n) is 9.27. The number of aromatic nitrogens is 1. The molecule has 3 aromatic carbocycles. The number of fused-ring (bicyclic) bond motifs is 7. The maximum absolute atomic E-state index is 14.3. The summed E-state index contributed by atoms with van der Waals surface area (Å²) in [4.78, 5) is 45.7. The Morgan fingerprint density at radius 2 is 1.83 bits per heavy atom. The lowest BCUT2D eigenvalue weighted by molar-refractivity contribution is -0.211. The molecule has 0 spiro atoms. The number of imide groups is 1. The summed E-state index contributed by atoms with van der Waals surface area (Å²) in [5.41, 5.74) is -2.08. The molecule has 3 aliphatic rings. The van der Waals surface area contributed by atoms with Crippen molar-refractivity contribution in [3.05, 3.63) is 77.4 Å². The molecule has 1 unspecified atom stereocenters. The van der Waals surface area contributed by atoms with Crippen LogP contribution in [0.3, 0.4) is 0 Å². The van der Waals surface area contributed by atoms with E-state index in [1.807, 2.05) is 0 Å². The van der Waals surface area contributed by atoms with Gasteiger partial charge in [-0.3, -0.25) is 14.6 Å². The van der Waals surface area contributed by atoms with E-state index in [2.05, 4.69) is 11.1 Å². The summed E-state index contributed by atoms with van der Waals surface area (Å²) in [5.74, 6) is -5.60. The summed E-state index contributed by atoms with van der Waals surface area (Å²) in [5, 5.41) is 11.8. The second-order valence-corrected chi connectivity index (χ2v) is 12.2. The number of pyridine rings is 1. The summed E-state index contributed by atoms with van der Waals surface area (Å²) in [6, 6.07) is 18.6. The first-order chi connectivity index (χ1) is 21.9. The Balaban J connectivity index is 1.26. The third kappa shape index (κ3) is 4.40. The molecule has 9 nitrogen and oxygen atoms in total. The molecule has 13 heteroatoms. The van der Waals surface area contributed by atoms with Crippen LogP contribution in [0.5, 0.6) is 5.75 Å². The highest BCUT2D eigenvalue weighted by atomic mass is 35.5. The minimum absolute atomic E-state index is 0.0117. The number of halogens is 4. The third-order valence-corrected chi connectivity index (χ3v) is 9.51. The van der Waals surface area contributed by atoms with Gasteiger partial charge in [0, 0.05) is 40.2 Å². The Kier molecular flexibility index (Phi) is 6.77. The number of benzene rings is 3. The number of alkyl halides is 3. The van der Waals surface area contributed by atoms with Crippen molar-refractivity contribution in [3.63, 3.8) is 0 Å². The van der Waals surface area contributed by atoms with E-state index in [9.17, 15) is 32.8 Å². The topological polar surface area (TPSA) is 119 Å². The number of ether oxygens (including phenoxy) is 3. The van der Waals surface area contributed by atoms with Crippen LogP contribution in [0.25, 0.3) is 21.7 Å². The number of amides is 2. The average Bonchev–Trinajstić information content (AvgIpc) is 3.57. The van der Waals surface area contributed by atoms with Gasteiger partial charge in [0.15, 0.2) is 0 Å². The van der Waals surface area contributed by atoms with E-state index in [-0.39, 0.29) is 25.1 Å². The molecule has 0 aliphatic carbocycles. The SMILES string of the molecule is C[C@]12O[C@](CCOc3ccnc4cc(Cl)ccc34)(CC1OC(=O)C(F)(F)F)[C@H]1C(=O)N(c3ccc(C#N)c4ccccc34)C(=O)[C@H]12. The van der Waals surface area contributed by atoms with Crippen LogP contribution >= 0.6 is 11.6 Å². The van der Waals surface area contributed by atoms with Gasteiger partial charge < -0.3 is 14.2 Å². The lowest BCUT2D eigenvalue weighted by atomic mass is 9.66. The van der Waals surface area contributed by atoms with Crippen LogP contribution in [-0.4, -0.2) is 52.9 Å². The summed E-state index contributed by atoms with van der Waals surface area (Å²) in [6.07, 6.45) is -5.48. The molecule has 0 saturated carbocycles. The molecule has 5 atom stereocenters. The Labute approximate surface area is 264 Å². The molecule has 4 heterocycles. The van der Waals surface area contributed by atoms with Gasteiger partial charge in [0.1, 0.15) is 17.5 Å². The molecular formula is C33H23ClF3N3O6. The van der Waals surface area contributed by atoms with Crippen molar-refractivity contribution in [3.8, 4) is 11.8 Å². The van der Waals surface area contributed by atoms with Gasteiger partial charge in [-0.15, -0.1) is 0 Å². The molecule has 3 saturated heterocycles. The van der Waals surface area contributed by atoms with Crippen molar-refractivity contribution in [2.75, 3.05) is 11.5 Å². The largest absolute Gasteiger partial charge is 0.493 e. The van der Waals surface area contributed by atoms with E-state index >= 15 is 0 Å². The predicted octanol–water partition coefficient (Wildman–Crippen LogP) is 5.89. The molecule has 3 fully saturated rings. The van der Waals surface area contributed by atoms with Crippen molar-refractivity contribution >= 4 is 56.7 Å². The molecule has 4 aromatic rings. The summed E-state index contributed by atoms with van der Waals surface area (Å²) in [7, 11) is 0. The first-order valence-corrected chi connectivity index (χ1v) is 14.7. The van der Waals surface area contributed by atoms with Gasteiger partial charge >= 0.3 is 12.1 Å².